The molecule has 0 aliphatic heterocycles. The first-order valence-electron chi connectivity index (χ1n) is 9.62. The Morgan fingerprint density at radius 3 is 2.00 bits per heavy atom. The zero-order valence-electron chi connectivity index (χ0n) is 15.7. The summed E-state index contributed by atoms with van der Waals surface area (Å²) in [6, 6.07) is 0. The molecular weight excluding hydrogens is 308 g/mol. The number of rotatable bonds is 18. The normalized spacial score (nSPS) is 13.8. The van der Waals surface area contributed by atoms with Crippen LogP contribution in [0.1, 0.15) is 84.0 Å². The summed E-state index contributed by atoms with van der Waals surface area (Å²) < 4.78 is 10.6. The average Bonchev–Trinajstić information content (AvgIpc) is 2.55. The maximum absolute atomic E-state index is 10.7. The molecule has 144 valence electrons. The number of methoxy groups -OCH3 is 1. The molecule has 0 spiro atoms. The zero-order valence-corrected chi connectivity index (χ0v) is 15.7. The molecule has 0 aliphatic rings. The first-order chi connectivity index (χ1) is 11.6. The summed E-state index contributed by atoms with van der Waals surface area (Å²) in [6.45, 7) is 2.98. The third-order valence-corrected chi connectivity index (χ3v) is 4.24. The number of ether oxygens (including phenoxy) is 2. The Hall–Kier alpha value is -0.650. The van der Waals surface area contributed by atoms with Gasteiger partial charge in [-0.15, -0.1) is 0 Å². The van der Waals surface area contributed by atoms with Crippen LogP contribution in [-0.4, -0.2) is 48.7 Å². The molecule has 2 atom stereocenters. The Morgan fingerprint density at radius 1 is 0.958 bits per heavy atom. The van der Waals surface area contributed by atoms with E-state index >= 15 is 0 Å². The van der Waals surface area contributed by atoms with E-state index in [0.717, 1.165) is 12.8 Å². The van der Waals surface area contributed by atoms with Crippen molar-refractivity contribution in [2.75, 3.05) is 20.3 Å². The fraction of sp³-hybridized carbons (Fsp3) is 0.947. The molecule has 0 saturated carbocycles. The highest BCUT2D eigenvalue weighted by atomic mass is 16.5. The van der Waals surface area contributed by atoms with Crippen molar-refractivity contribution in [1.82, 2.24) is 0 Å². The first kappa shape index (κ1) is 23.4. The minimum absolute atomic E-state index is 0.00344. The van der Waals surface area contributed by atoms with E-state index in [1.807, 2.05) is 0 Å². The third kappa shape index (κ3) is 14.9. The lowest BCUT2D eigenvalue weighted by molar-refractivity contribution is -0.138. The highest BCUT2D eigenvalue weighted by molar-refractivity contribution is 5.66. The number of carbonyl (C=O) groups is 1. The number of aliphatic carboxylic acids is 1. The maximum atomic E-state index is 10.7. The summed E-state index contributed by atoms with van der Waals surface area (Å²) in [6.07, 6.45) is 11.7. The second-order valence-corrected chi connectivity index (χ2v) is 6.55. The minimum atomic E-state index is -0.868. The molecule has 0 saturated heterocycles. The maximum Gasteiger partial charge on any atom is 0.303 e. The Balaban J connectivity index is 3.62. The molecule has 0 heterocycles. The summed E-state index contributed by atoms with van der Waals surface area (Å²) in [7, 11) is 1.51. The van der Waals surface area contributed by atoms with Gasteiger partial charge in [-0.3, -0.25) is 4.79 Å². The van der Waals surface area contributed by atoms with Crippen LogP contribution < -0.4 is 0 Å². The van der Waals surface area contributed by atoms with Gasteiger partial charge in [-0.1, -0.05) is 64.7 Å². The van der Waals surface area contributed by atoms with Crippen LogP contribution in [0.3, 0.4) is 0 Å². The van der Waals surface area contributed by atoms with Crippen LogP contribution in [0.2, 0.25) is 0 Å². The summed E-state index contributed by atoms with van der Waals surface area (Å²) in [4.78, 5) is 10.7. The van der Waals surface area contributed by atoms with Gasteiger partial charge in [0.05, 0.1) is 12.7 Å². The molecule has 2 unspecified atom stereocenters. The van der Waals surface area contributed by atoms with Crippen molar-refractivity contribution in [3.63, 3.8) is 0 Å². The number of hydrogen-bond acceptors (Lipinski definition) is 4. The summed E-state index contributed by atoms with van der Waals surface area (Å²) in [5, 5.41) is 18.7. The van der Waals surface area contributed by atoms with Gasteiger partial charge in [0.25, 0.3) is 0 Å². The first-order valence-corrected chi connectivity index (χ1v) is 9.62. The molecule has 0 amide bonds. The fourth-order valence-corrected chi connectivity index (χ4v) is 2.75. The van der Waals surface area contributed by atoms with E-state index in [1.54, 1.807) is 0 Å². The summed E-state index contributed by atoms with van der Waals surface area (Å²) in [5.41, 5.74) is 0. The molecule has 2 N–H and O–H groups in total. The molecule has 0 radical (unpaired) electrons. The Bertz CT molecular complexity index is 283. The van der Waals surface area contributed by atoms with Crippen LogP contribution in [0, 0.1) is 0 Å². The number of carboxylic acids is 1. The van der Waals surface area contributed by atoms with E-state index in [-0.39, 0.29) is 13.0 Å². The van der Waals surface area contributed by atoms with Crippen molar-refractivity contribution in [3.05, 3.63) is 0 Å². The van der Waals surface area contributed by atoms with Crippen molar-refractivity contribution in [3.8, 4) is 0 Å². The number of aliphatic hydroxyl groups excluding tert-OH is 1. The molecule has 5 heteroatoms. The van der Waals surface area contributed by atoms with Crippen molar-refractivity contribution in [1.29, 1.82) is 0 Å². The Kier molecular flexibility index (Phi) is 16.7. The predicted octanol–water partition coefficient (Wildman–Crippen LogP) is 4.16. The van der Waals surface area contributed by atoms with Crippen LogP contribution in [0.15, 0.2) is 0 Å². The summed E-state index contributed by atoms with van der Waals surface area (Å²) in [5.74, 6) is -0.868. The van der Waals surface area contributed by atoms with Gasteiger partial charge in [0.15, 0.2) is 0 Å². The van der Waals surface area contributed by atoms with E-state index in [9.17, 15) is 9.90 Å². The number of unbranched alkanes of at least 4 members (excludes halogenated alkanes) is 9. The lowest BCUT2D eigenvalue weighted by Gasteiger charge is -2.22. The van der Waals surface area contributed by atoms with Gasteiger partial charge in [0.2, 0.25) is 0 Å². The van der Waals surface area contributed by atoms with Gasteiger partial charge in [-0.2, -0.15) is 0 Å². The molecule has 24 heavy (non-hydrogen) atoms. The highest BCUT2D eigenvalue weighted by Crippen LogP contribution is 2.12. The lowest BCUT2D eigenvalue weighted by atomic mass is 10.1. The second kappa shape index (κ2) is 17.2. The quantitative estimate of drug-likeness (QED) is 0.364. The SMILES string of the molecule is CCCCCCCCCCCCOC(CCC(=O)O)C(O)COC. The van der Waals surface area contributed by atoms with Crippen LogP contribution >= 0.6 is 0 Å². The largest absolute Gasteiger partial charge is 0.481 e. The number of aliphatic hydroxyl groups is 1. The third-order valence-electron chi connectivity index (χ3n) is 4.24. The molecule has 0 aliphatic carbocycles. The van der Waals surface area contributed by atoms with E-state index in [4.69, 9.17) is 14.6 Å². The van der Waals surface area contributed by atoms with Crippen molar-refractivity contribution in [2.24, 2.45) is 0 Å². The second-order valence-electron chi connectivity index (χ2n) is 6.55. The molecule has 0 rings (SSSR count). The number of hydrogen-bond donors (Lipinski definition) is 2. The van der Waals surface area contributed by atoms with Crippen LogP contribution in [-0.2, 0) is 14.3 Å². The van der Waals surface area contributed by atoms with Crippen LogP contribution in [0.25, 0.3) is 0 Å². The molecular formula is C19H38O5. The Labute approximate surface area is 147 Å². The monoisotopic (exact) mass is 346 g/mol. The molecule has 0 aromatic rings. The van der Waals surface area contributed by atoms with Gasteiger partial charge < -0.3 is 19.7 Å². The molecule has 5 nitrogen and oxygen atoms in total. The topological polar surface area (TPSA) is 76.0 Å². The zero-order chi connectivity index (χ0) is 18.0. The van der Waals surface area contributed by atoms with Crippen LogP contribution in [0.4, 0.5) is 0 Å². The van der Waals surface area contributed by atoms with E-state index in [2.05, 4.69) is 6.92 Å². The minimum Gasteiger partial charge on any atom is -0.481 e. The standard InChI is InChI=1S/C19H38O5/c1-3-4-5-6-7-8-9-10-11-12-15-24-18(13-14-19(21)22)17(20)16-23-2/h17-18,20H,3-16H2,1-2H3,(H,21,22). The van der Waals surface area contributed by atoms with Gasteiger partial charge >= 0.3 is 5.97 Å². The van der Waals surface area contributed by atoms with Crippen molar-refractivity contribution >= 4 is 5.97 Å². The van der Waals surface area contributed by atoms with Gasteiger partial charge in [-0.05, 0) is 12.8 Å². The van der Waals surface area contributed by atoms with E-state index in [0.29, 0.717) is 13.0 Å². The molecule has 0 bridgehead atoms. The smallest absolute Gasteiger partial charge is 0.303 e. The van der Waals surface area contributed by atoms with E-state index < -0.39 is 18.2 Å². The summed E-state index contributed by atoms with van der Waals surface area (Å²) >= 11 is 0. The molecule has 0 aromatic carbocycles. The lowest BCUT2D eigenvalue weighted by Crippen LogP contribution is -2.33. The molecule has 0 aromatic heterocycles. The highest BCUT2D eigenvalue weighted by Gasteiger charge is 2.20. The van der Waals surface area contributed by atoms with Crippen molar-refractivity contribution < 1.29 is 24.5 Å². The van der Waals surface area contributed by atoms with Crippen LogP contribution in [0.5, 0.6) is 0 Å². The van der Waals surface area contributed by atoms with Crippen molar-refractivity contribution in [2.45, 2.75) is 96.2 Å². The fourth-order valence-electron chi connectivity index (χ4n) is 2.75. The predicted molar refractivity (Wildman–Crippen MR) is 96.3 cm³/mol. The van der Waals surface area contributed by atoms with Gasteiger partial charge in [-0.25, -0.2) is 0 Å². The average molecular weight is 347 g/mol. The number of carboxylic acid groups (broad SMARTS) is 1. The Morgan fingerprint density at radius 2 is 1.50 bits per heavy atom. The molecule has 0 fully saturated rings. The van der Waals surface area contributed by atoms with Gasteiger partial charge in [0, 0.05) is 20.1 Å². The van der Waals surface area contributed by atoms with E-state index in [1.165, 1.54) is 58.5 Å². The van der Waals surface area contributed by atoms with Gasteiger partial charge in [0.1, 0.15) is 6.10 Å².